The van der Waals surface area contributed by atoms with E-state index >= 15 is 0 Å². The Hall–Kier alpha value is -0.120. The summed E-state index contributed by atoms with van der Waals surface area (Å²) in [6.45, 7) is 6.84. The normalized spacial score (nSPS) is 13.6. The first-order chi connectivity index (χ1) is 6.20. The van der Waals surface area contributed by atoms with Crippen molar-refractivity contribution < 1.29 is 10.2 Å². The van der Waals surface area contributed by atoms with E-state index in [-0.39, 0.29) is 12.7 Å². The van der Waals surface area contributed by atoms with E-state index < -0.39 is 0 Å². The van der Waals surface area contributed by atoms with Gasteiger partial charge in [0.2, 0.25) is 0 Å². The Morgan fingerprint density at radius 3 is 2.31 bits per heavy atom. The largest absolute Gasteiger partial charge is 0.396 e. The molecule has 0 radical (unpaired) electrons. The summed E-state index contributed by atoms with van der Waals surface area (Å²) in [5, 5.41) is 17.9. The number of rotatable bonds is 8. The summed E-state index contributed by atoms with van der Waals surface area (Å²) in [7, 11) is 0. The van der Waals surface area contributed by atoms with Gasteiger partial charge < -0.3 is 15.1 Å². The standard InChI is InChI=1S/C10H23NO2/c1-3-4-6-11(7-5-8-12)9-10(2)13/h10,12-13H,3-9H2,1-2H3. The van der Waals surface area contributed by atoms with Gasteiger partial charge in [0, 0.05) is 19.7 Å². The molecule has 0 aromatic carbocycles. The summed E-state index contributed by atoms with van der Waals surface area (Å²) in [4.78, 5) is 2.21. The quantitative estimate of drug-likeness (QED) is 0.595. The Kier molecular flexibility index (Phi) is 8.40. The smallest absolute Gasteiger partial charge is 0.0639 e. The van der Waals surface area contributed by atoms with Gasteiger partial charge in [-0.3, -0.25) is 0 Å². The fraction of sp³-hybridized carbons (Fsp3) is 1.00. The highest BCUT2D eigenvalue weighted by molar-refractivity contribution is 4.61. The third-order valence-corrected chi connectivity index (χ3v) is 1.98. The first kappa shape index (κ1) is 12.9. The molecule has 1 unspecified atom stereocenters. The lowest BCUT2D eigenvalue weighted by Crippen LogP contribution is -2.33. The summed E-state index contributed by atoms with van der Waals surface area (Å²) in [6, 6.07) is 0. The lowest BCUT2D eigenvalue weighted by atomic mass is 10.2. The van der Waals surface area contributed by atoms with Gasteiger partial charge in [-0.25, -0.2) is 0 Å². The van der Waals surface area contributed by atoms with E-state index in [1.165, 1.54) is 6.42 Å². The van der Waals surface area contributed by atoms with Crippen LogP contribution in [-0.2, 0) is 0 Å². The summed E-state index contributed by atoms with van der Waals surface area (Å²) in [5.41, 5.74) is 0. The van der Waals surface area contributed by atoms with Crippen molar-refractivity contribution in [1.29, 1.82) is 0 Å². The van der Waals surface area contributed by atoms with Crippen molar-refractivity contribution >= 4 is 0 Å². The highest BCUT2D eigenvalue weighted by Crippen LogP contribution is 1.98. The molecule has 3 heteroatoms. The molecule has 0 saturated heterocycles. The van der Waals surface area contributed by atoms with Crippen LogP contribution in [0.25, 0.3) is 0 Å². The number of hydrogen-bond acceptors (Lipinski definition) is 3. The van der Waals surface area contributed by atoms with Gasteiger partial charge in [0.15, 0.2) is 0 Å². The topological polar surface area (TPSA) is 43.7 Å². The molecule has 0 amide bonds. The highest BCUT2D eigenvalue weighted by atomic mass is 16.3. The monoisotopic (exact) mass is 189 g/mol. The van der Waals surface area contributed by atoms with Crippen molar-refractivity contribution in [3.8, 4) is 0 Å². The molecule has 1 atom stereocenters. The molecule has 0 bridgehead atoms. The molecule has 3 nitrogen and oxygen atoms in total. The number of unbranched alkanes of at least 4 members (excludes halogenated alkanes) is 1. The second kappa shape index (κ2) is 8.48. The molecule has 0 aromatic rings. The van der Waals surface area contributed by atoms with E-state index in [4.69, 9.17) is 5.11 Å². The predicted octanol–water partition coefficient (Wildman–Crippen LogP) is 0.852. The molecule has 0 spiro atoms. The first-order valence-electron chi connectivity index (χ1n) is 5.22. The van der Waals surface area contributed by atoms with Gasteiger partial charge in [0.25, 0.3) is 0 Å². The van der Waals surface area contributed by atoms with E-state index in [0.717, 1.165) is 32.5 Å². The van der Waals surface area contributed by atoms with Crippen molar-refractivity contribution in [1.82, 2.24) is 4.90 Å². The lowest BCUT2D eigenvalue weighted by Gasteiger charge is -2.22. The van der Waals surface area contributed by atoms with Crippen molar-refractivity contribution in [3.05, 3.63) is 0 Å². The van der Waals surface area contributed by atoms with Gasteiger partial charge in [0.05, 0.1) is 6.10 Å². The van der Waals surface area contributed by atoms with Crippen LogP contribution in [-0.4, -0.2) is 47.5 Å². The van der Waals surface area contributed by atoms with Gasteiger partial charge in [0.1, 0.15) is 0 Å². The fourth-order valence-corrected chi connectivity index (χ4v) is 1.34. The van der Waals surface area contributed by atoms with Crippen molar-refractivity contribution in [2.75, 3.05) is 26.2 Å². The van der Waals surface area contributed by atoms with Crippen LogP contribution in [0.2, 0.25) is 0 Å². The van der Waals surface area contributed by atoms with E-state index in [0.29, 0.717) is 0 Å². The molecule has 0 heterocycles. The van der Waals surface area contributed by atoms with Crippen molar-refractivity contribution in [3.63, 3.8) is 0 Å². The molecule has 2 N–H and O–H groups in total. The van der Waals surface area contributed by atoms with Crippen LogP contribution >= 0.6 is 0 Å². The van der Waals surface area contributed by atoms with Gasteiger partial charge in [-0.1, -0.05) is 13.3 Å². The molecule has 0 fully saturated rings. The van der Waals surface area contributed by atoms with Crippen LogP contribution in [0.15, 0.2) is 0 Å². The summed E-state index contributed by atoms with van der Waals surface area (Å²) in [6.07, 6.45) is 2.87. The number of aliphatic hydroxyl groups is 2. The van der Waals surface area contributed by atoms with E-state index in [1.54, 1.807) is 6.92 Å². The van der Waals surface area contributed by atoms with E-state index in [1.807, 2.05) is 0 Å². The Bertz CT molecular complexity index is 99.1. The number of hydrogen-bond donors (Lipinski definition) is 2. The van der Waals surface area contributed by atoms with Crippen LogP contribution in [0.3, 0.4) is 0 Å². The van der Waals surface area contributed by atoms with Gasteiger partial charge >= 0.3 is 0 Å². The minimum absolute atomic E-state index is 0.239. The van der Waals surface area contributed by atoms with Gasteiger partial charge in [-0.15, -0.1) is 0 Å². The third kappa shape index (κ3) is 8.22. The maximum absolute atomic E-state index is 9.22. The Morgan fingerprint density at radius 1 is 1.23 bits per heavy atom. The fourth-order valence-electron chi connectivity index (χ4n) is 1.34. The van der Waals surface area contributed by atoms with Gasteiger partial charge in [-0.05, 0) is 26.3 Å². The first-order valence-corrected chi connectivity index (χ1v) is 5.22. The molecule has 0 aliphatic rings. The molecular formula is C10H23NO2. The maximum Gasteiger partial charge on any atom is 0.0639 e. The second-order valence-corrected chi connectivity index (χ2v) is 3.58. The Balaban J connectivity index is 3.60. The van der Waals surface area contributed by atoms with Crippen LogP contribution in [0.4, 0.5) is 0 Å². The van der Waals surface area contributed by atoms with Crippen molar-refractivity contribution in [2.24, 2.45) is 0 Å². The van der Waals surface area contributed by atoms with E-state index in [9.17, 15) is 5.11 Å². The molecule has 13 heavy (non-hydrogen) atoms. The molecule has 0 saturated carbocycles. The zero-order chi connectivity index (χ0) is 10.1. The SMILES string of the molecule is CCCCN(CCCO)CC(C)O. The van der Waals surface area contributed by atoms with Crippen LogP contribution in [0.5, 0.6) is 0 Å². The van der Waals surface area contributed by atoms with Gasteiger partial charge in [-0.2, -0.15) is 0 Å². The predicted molar refractivity (Wildman–Crippen MR) is 54.7 cm³/mol. The minimum atomic E-state index is -0.268. The molecule has 0 aliphatic heterocycles. The zero-order valence-electron chi connectivity index (χ0n) is 8.87. The van der Waals surface area contributed by atoms with Crippen molar-refractivity contribution in [2.45, 2.75) is 39.2 Å². The molecule has 80 valence electrons. The van der Waals surface area contributed by atoms with Crippen LogP contribution < -0.4 is 0 Å². The minimum Gasteiger partial charge on any atom is -0.396 e. The van der Waals surface area contributed by atoms with E-state index in [2.05, 4.69) is 11.8 Å². The highest BCUT2D eigenvalue weighted by Gasteiger charge is 2.06. The second-order valence-electron chi connectivity index (χ2n) is 3.58. The summed E-state index contributed by atoms with van der Waals surface area (Å²) < 4.78 is 0. The Morgan fingerprint density at radius 2 is 1.85 bits per heavy atom. The number of nitrogens with zero attached hydrogens (tertiary/aromatic N) is 1. The average Bonchev–Trinajstić information content (AvgIpc) is 2.09. The number of aliphatic hydroxyl groups excluding tert-OH is 2. The average molecular weight is 189 g/mol. The lowest BCUT2D eigenvalue weighted by molar-refractivity contribution is 0.119. The Labute approximate surface area is 81.4 Å². The zero-order valence-corrected chi connectivity index (χ0v) is 8.87. The van der Waals surface area contributed by atoms with Crippen LogP contribution in [0, 0.1) is 0 Å². The molecular weight excluding hydrogens is 166 g/mol. The third-order valence-electron chi connectivity index (χ3n) is 1.98. The summed E-state index contributed by atoms with van der Waals surface area (Å²) in [5.74, 6) is 0. The molecule has 0 aromatic heterocycles. The molecule has 0 rings (SSSR count). The summed E-state index contributed by atoms with van der Waals surface area (Å²) >= 11 is 0. The molecule has 0 aliphatic carbocycles. The van der Waals surface area contributed by atoms with Crippen LogP contribution in [0.1, 0.15) is 33.1 Å². The maximum atomic E-state index is 9.22.